The Hall–Kier alpha value is -3.05. The van der Waals surface area contributed by atoms with Crippen LogP contribution in [0.2, 0.25) is 0 Å². The normalized spacial score (nSPS) is 16.3. The Morgan fingerprint density at radius 3 is 2.38 bits per heavy atom. The van der Waals surface area contributed by atoms with E-state index in [1.54, 1.807) is 77.1 Å². The molecule has 0 bridgehead atoms. The van der Waals surface area contributed by atoms with Crippen molar-refractivity contribution < 1.29 is 22.7 Å². The van der Waals surface area contributed by atoms with Crippen LogP contribution in [0, 0.1) is 23.7 Å². The van der Waals surface area contributed by atoms with Crippen LogP contribution in [0.5, 0.6) is 5.75 Å². The summed E-state index contributed by atoms with van der Waals surface area (Å²) in [6.07, 6.45) is -0.129. The van der Waals surface area contributed by atoms with Crippen LogP contribution >= 0.6 is 0 Å². The number of carbonyl (C=O) groups is 1. The highest BCUT2D eigenvalue weighted by molar-refractivity contribution is 7.92. The van der Waals surface area contributed by atoms with Crippen LogP contribution in [0.15, 0.2) is 47.4 Å². The molecule has 0 spiro atoms. The van der Waals surface area contributed by atoms with Crippen molar-refractivity contribution in [2.75, 3.05) is 10.8 Å². The van der Waals surface area contributed by atoms with Gasteiger partial charge >= 0.3 is 5.97 Å². The summed E-state index contributed by atoms with van der Waals surface area (Å²) in [5.41, 5.74) is 0.646. The van der Waals surface area contributed by atoms with Crippen LogP contribution in [0.4, 0.5) is 5.69 Å². The molecule has 0 saturated carbocycles. The maximum absolute atomic E-state index is 13.7. The fourth-order valence-corrected chi connectivity index (χ4v) is 5.30. The molecule has 0 radical (unpaired) electrons. The summed E-state index contributed by atoms with van der Waals surface area (Å²) in [6.45, 7) is 10.9. The first-order valence-electron chi connectivity index (χ1n) is 11.2. The number of benzene rings is 2. The Bertz CT molecular complexity index is 1210. The number of hydrogen-bond donors (Lipinski definition) is 0. The number of aryl methyl sites for hydroxylation is 1. The first kappa shape index (κ1) is 25.6. The number of fused-ring (bicyclic) bond motifs is 1. The van der Waals surface area contributed by atoms with Crippen molar-refractivity contribution in [2.24, 2.45) is 5.41 Å². The van der Waals surface area contributed by atoms with Crippen molar-refractivity contribution in [3.05, 3.63) is 53.6 Å². The maximum Gasteiger partial charge on any atom is 0.310 e. The second-order valence-corrected chi connectivity index (χ2v) is 12.2. The lowest BCUT2D eigenvalue weighted by Gasteiger charge is -2.37. The fourth-order valence-electron chi connectivity index (χ4n) is 3.80. The van der Waals surface area contributed by atoms with Crippen LogP contribution in [0.1, 0.15) is 52.2 Å². The lowest BCUT2D eigenvalue weighted by Crippen LogP contribution is -2.45. The topological polar surface area (TPSA) is 96.7 Å². The molecule has 7 nitrogen and oxygen atoms in total. The summed E-state index contributed by atoms with van der Waals surface area (Å²) in [6, 6.07) is 14.0. The summed E-state index contributed by atoms with van der Waals surface area (Å²) in [4.78, 5) is 12.5. The van der Waals surface area contributed by atoms with E-state index in [2.05, 4.69) is 6.07 Å². The monoisotopic (exact) mass is 484 g/mol. The number of carbonyl (C=O) groups excluding carboxylic acids is 1. The van der Waals surface area contributed by atoms with Crippen molar-refractivity contribution in [3.8, 4) is 11.8 Å². The molecule has 2 aromatic carbocycles. The Morgan fingerprint density at radius 2 is 1.79 bits per heavy atom. The first-order valence-corrected chi connectivity index (χ1v) is 12.7. The smallest absolute Gasteiger partial charge is 0.310 e. The van der Waals surface area contributed by atoms with E-state index in [4.69, 9.17) is 9.47 Å². The van der Waals surface area contributed by atoms with Crippen LogP contribution in [-0.4, -0.2) is 32.6 Å². The third-order valence-corrected chi connectivity index (χ3v) is 7.17. The zero-order chi connectivity index (χ0) is 25.3. The molecule has 0 amide bonds. The van der Waals surface area contributed by atoms with Gasteiger partial charge in [0.1, 0.15) is 17.5 Å². The third kappa shape index (κ3) is 6.09. The van der Waals surface area contributed by atoms with E-state index >= 15 is 0 Å². The van der Waals surface area contributed by atoms with Crippen molar-refractivity contribution >= 4 is 21.7 Å². The minimum Gasteiger partial charge on any atom is -0.486 e. The van der Waals surface area contributed by atoms with Crippen molar-refractivity contribution in [1.82, 2.24) is 0 Å². The average molecular weight is 485 g/mol. The number of esters is 1. The predicted octanol–water partition coefficient (Wildman–Crippen LogP) is 4.78. The van der Waals surface area contributed by atoms with Gasteiger partial charge in [-0.05, 0) is 71.4 Å². The minimum atomic E-state index is -3.91. The molecule has 1 aliphatic rings. The van der Waals surface area contributed by atoms with Gasteiger partial charge in [-0.2, -0.15) is 5.26 Å². The SMILES string of the molecule is Cc1ccc(S(=O)(=O)N2CC(CC(C)(C)C#N)Oc3ccc(CC(=O)OC(C)(C)C)cc32)cc1. The Labute approximate surface area is 202 Å². The van der Waals surface area contributed by atoms with Gasteiger partial charge in [-0.3, -0.25) is 9.10 Å². The molecule has 0 aromatic heterocycles. The Morgan fingerprint density at radius 1 is 1.15 bits per heavy atom. The lowest BCUT2D eigenvalue weighted by atomic mass is 9.88. The summed E-state index contributed by atoms with van der Waals surface area (Å²) < 4.78 is 40.2. The molecule has 34 heavy (non-hydrogen) atoms. The summed E-state index contributed by atoms with van der Waals surface area (Å²) in [5, 5.41) is 9.47. The first-order chi connectivity index (χ1) is 15.7. The molecular formula is C26H32N2O5S. The lowest BCUT2D eigenvalue weighted by molar-refractivity contribution is -0.153. The predicted molar refractivity (Wildman–Crippen MR) is 130 cm³/mol. The number of ether oxygens (including phenoxy) is 2. The average Bonchev–Trinajstić information content (AvgIpc) is 2.72. The number of anilines is 1. The third-order valence-electron chi connectivity index (χ3n) is 5.37. The Kier molecular flexibility index (Phi) is 6.99. The molecule has 1 atom stereocenters. The van der Waals surface area contributed by atoms with E-state index in [0.717, 1.165) is 5.56 Å². The number of nitrogens with zero attached hydrogens (tertiary/aromatic N) is 2. The van der Waals surface area contributed by atoms with Crippen molar-refractivity contribution in [2.45, 2.75) is 71.0 Å². The van der Waals surface area contributed by atoms with Crippen molar-refractivity contribution in [1.29, 1.82) is 5.26 Å². The van der Waals surface area contributed by atoms with E-state index < -0.39 is 33.1 Å². The minimum absolute atomic E-state index is 0.00780. The molecule has 182 valence electrons. The van der Waals surface area contributed by atoms with Gasteiger partial charge in [0, 0.05) is 6.42 Å². The van der Waals surface area contributed by atoms with Gasteiger partial charge in [0.15, 0.2) is 0 Å². The van der Waals surface area contributed by atoms with E-state index in [9.17, 15) is 18.5 Å². The molecule has 1 heterocycles. The highest BCUT2D eigenvalue weighted by atomic mass is 32.2. The summed E-state index contributed by atoms with van der Waals surface area (Å²) >= 11 is 0. The molecule has 2 aromatic rings. The van der Waals surface area contributed by atoms with Gasteiger partial charge in [0.2, 0.25) is 0 Å². The Balaban J connectivity index is 2.01. The van der Waals surface area contributed by atoms with Gasteiger partial charge < -0.3 is 9.47 Å². The quantitative estimate of drug-likeness (QED) is 0.548. The number of sulfonamides is 1. The zero-order valence-electron chi connectivity index (χ0n) is 20.6. The van der Waals surface area contributed by atoms with Crippen molar-refractivity contribution in [3.63, 3.8) is 0 Å². The van der Waals surface area contributed by atoms with Crippen LogP contribution in [0.3, 0.4) is 0 Å². The van der Waals surface area contributed by atoms with Crippen LogP contribution < -0.4 is 9.04 Å². The molecule has 1 unspecified atom stereocenters. The van der Waals surface area contributed by atoms with Gasteiger partial charge in [0.05, 0.1) is 35.0 Å². The molecule has 3 rings (SSSR count). The van der Waals surface area contributed by atoms with Gasteiger partial charge in [0.25, 0.3) is 10.0 Å². The van der Waals surface area contributed by atoms with E-state index in [-0.39, 0.29) is 17.9 Å². The van der Waals surface area contributed by atoms with E-state index in [0.29, 0.717) is 23.4 Å². The standard InChI is InChI=1S/C26H32N2O5S/c1-18-7-10-21(11-8-18)34(30,31)28-16-20(15-26(5,6)17-27)32-23-12-9-19(13-22(23)28)14-24(29)33-25(2,3)4/h7-13,20H,14-16H2,1-6H3. The fraction of sp³-hybridized carbons (Fsp3) is 0.462. The van der Waals surface area contributed by atoms with Crippen LogP contribution in [0.25, 0.3) is 0 Å². The molecule has 1 aliphatic heterocycles. The second-order valence-electron chi connectivity index (χ2n) is 10.4. The van der Waals surface area contributed by atoms with Crippen LogP contribution in [-0.2, 0) is 26.0 Å². The van der Waals surface area contributed by atoms with Gasteiger partial charge in [-0.25, -0.2) is 8.42 Å². The largest absolute Gasteiger partial charge is 0.486 e. The summed E-state index contributed by atoms with van der Waals surface area (Å²) in [5.74, 6) is -0.000573. The molecule has 0 saturated heterocycles. The van der Waals surface area contributed by atoms with E-state index in [1.165, 1.54) is 4.31 Å². The second kappa shape index (κ2) is 9.30. The highest BCUT2D eigenvalue weighted by Crippen LogP contribution is 2.40. The number of rotatable bonds is 6. The number of hydrogen-bond acceptors (Lipinski definition) is 6. The maximum atomic E-state index is 13.7. The van der Waals surface area contributed by atoms with Gasteiger partial charge in [-0.15, -0.1) is 0 Å². The molecule has 0 aliphatic carbocycles. The zero-order valence-corrected chi connectivity index (χ0v) is 21.4. The number of nitriles is 1. The molecule has 8 heteroatoms. The molecule has 0 N–H and O–H groups in total. The van der Waals surface area contributed by atoms with Gasteiger partial charge in [-0.1, -0.05) is 23.8 Å². The highest BCUT2D eigenvalue weighted by Gasteiger charge is 2.37. The molecular weight excluding hydrogens is 452 g/mol. The summed E-state index contributed by atoms with van der Waals surface area (Å²) in [7, 11) is -3.91. The van der Waals surface area contributed by atoms with E-state index in [1.807, 2.05) is 6.92 Å². The molecule has 0 fully saturated rings.